The van der Waals surface area contributed by atoms with Crippen LogP contribution in [0.25, 0.3) is 0 Å². The van der Waals surface area contributed by atoms with E-state index in [1.54, 1.807) is 0 Å². The van der Waals surface area contributed by atoms with E-state index >= 15 is 0 Å². The Bertz CT molecular complexity index is 1040. The molecule has 0 heterocycles. The van der Waals surface area contributed by atoms with Crippen molar-refractivity contribution in [1.29, 1.82) is 0 Å². The molecular formula is C21H18F5N3O3. The van der Waals surface area contributed by atoms with Crippen LogP contribution in [0.4, 0.5) is 22.0 Å². The summed E-state index contributed by atoms with van der Waals surface area (Å²) in [6.07, 6.45) is -2.57. The summed E-state index contributed by atoms with van der Waals surface area (Å²) in [5, 5.41) is 2.54. The number of aliphatic imine (C=N–C) groups is 1. The smallest absolute Gasteiger partial charge is 0.416 e. The first kappa shape index (κ1) is 24.5. The van der Waals surface area contributed by atoms with Gasteiger partial charge in [0, 0.05) is 12.7 Å². The van der Waals surface area contributed by atoms with Gasteiger partial charge < -0.3 is 15.8 Å². The van der Waals surface area contributed by atoms with Gasteiger partial charge in [0.1, 0.15) is 23.0 Å². The van der Waals surface area contributed by atoms with Gasteiger partial charge in [-0.1, -0.05) is 12.1 Å². The molecule has 0 aromatic heterocycles. The number of carbonyl (C=O) groups is 2. The molecule has 0 saturated heterocycles. The number of hydrogen-bond acceptors (Lipinski definition) is 4. The van der Waals surface area contributed by atoms with Crippen LogP contribution < -0.4 is 11.1 Å². The summed E-state index contributed by atoms with van der Waals surface area (Å²) in [4.78, 5) is 26.9. The molecule has 170 valence electrons. The minimum atomic E-state index is -4.72. The Morgan fingerprint density at radius 1 is 1.16 bits per heavy atom. The number of hydrogen-bond donors (Lipinski definition) is 2. The molecular weight excluding hydrogens is 437 g/mol. The molecule has 0 aliphatic carbocycles. The van der Waals surface area contributed by atoms with Crippen LogP contribution in [0.5, 0.6) is 0 Å². The molecule has 1 amide bonds. The number of esters is 1. The summed E-state index contributed by atoms with van der Waals surface area (Å²) in [6.45, 7) is 1.24. The molecule has 0 bridgehead atoms. The van der Waals surface area contributed by atoms with Crippen LogP contribution in [0, 0.1) is 11.6 Å². The summed E-state index contributed by atoms with van der Waals surface area (Å²) >= 11 is 0. The lowest BCUT2D eigenvalue weighted by Gasteiger charge is -2.14. The first-order chi connectivity index (χ1) is 15.0. The maximum atomic E-state index is 13.6. The van der Waals surface area contributed by atoms with Gasteiger partial charge in [-0.25, -0.2) is 13.6 Å². The molecule has 0 saturated carbocycles. The van der Waals surface area contributed by atoms with Crippen molar-refractivity contribution < 1.29 is 36.3 Å². The summed E-state index contributed by atoms with van der Waals surface area (Å²) in [7, 11) is 0. The molecule has 32 heavy (non-hydrogen) atoms. The fraction of sp³-hybridized carbons (Fsp3) is 0.190. The number of alkyl halides is 3. The monoisotopic (exact) mass is 455 g/mol. The average molecular weight is 455 g/mol. The Morgan fingerprint density at radius 3 is 2.41 bits per heavy atom. The van der Waals surface area contributed by atoms with Crippen LogP contribution in [0.2, 0.25) is 0 Å². The fourth-order valence-electron chi connectivity index (χ4n) is 2.56. The normalized spacial score (nSPS) is 12.1. The Balaban J connectivity index is 2.11. The summed E-state index contributed by atoms with van der Waals surface area (Å²) in [6, 6.07) is 5.85. The van der Waals surface area contributed by atoms with E-state index in [1.165, 1.54) is 13.0 Å². The third-order valence-corrected chi connectivity index (χ3v) is 4.00. The summed E-state index contributed by atoms with van der Waals surface area (Å²) < 4.78 is 71.9. The predicted octanol–water partition coefficient (Wildman–Crippen LogP) is 3.96. The van der Waals surface area contributed by atoms with Crippen molar-refractivity contribution in [3.63, 3.8) is 0 Å². The van der Waals surface area contributed by atoms with Gasteiger partial charge in [-0.3, -0.25) is 4.79 Å². The lowest BCUT2D eigenvalue weighted by molar-refractivity contribution is -0.138. The standard InChI is InChI=1S/C21H18F5N3O3/c1-2-32-20(31)12-6-7-13(14(10-12)21(24,25)26)11-28-9-8-17(27)29-19(30)18-15(22)4-3-5-16(18)23/h3-10,28H,2,11H2,1H3,(H2,27,29,30)/b9-8-. The quantitative estimate of drug-likeness (QED) is 0.285. The molecule has 3 N–H and O–H groups in total. The zero-order valence-corrected chi connectivity index (χ0v) is 16.7. The van der Waals surface area contributed by atoms with Crippen LogP contribution in [-0.2, 0) is 17.5 Å². The van der Waals surface area contributed by atoms with E-state index in [-0.39, 0.29) is 24.3 Å². The minimum absolute atomic E-state index is 0.0172. The van der Waals surface area contributed by atoms with Crippen molar-refractivity contribution in [1.82, 2.24) is 5.32 Å². The number of nitrogens with two attached hydrogens (primary N) is 1. The summed E-state index contributed by atoms with van der Waals surface area (Å²) in [5.41, 5.74) is 3.17. The van der Waals surface area contributed by atoms with E-state index < -0.39 is 46.6 Å². The number of rotatable bonds is 7. The van der Waals surface area contributed by atoms with Crippen LogP contribution in [0.1, 0.15) is 38.8 Å². The van der Waals surface area contributed by atoms with Crippen LogP contribution in [-0.4, -0.2) is 24.3 Å². The van der Waals surface area contributed by atoms with Crippen molar-refractivity contribution in [2.45, 2.75) is 19.6 Å². The van der Waals surface area contributed by atoms with Gasteiger partial charge in [-0.05, 0) is 42.8 Å². The first-order valence-electron chi connectivity index (χ1n) is 9.14. The largest absolute Gasteiger partial charge is 0.462 e. The van der Waals surface area contributed by atoms with Crippen molar-refractivity contribution >= 4 is 17.7 Å². The molecule has 2 aromatic rings. The maximum absolute atomic E-state index is 13.6. The van der Waals surface area contributed by atoms with Crippen molar-refractivity contribution in [2.75, 3.05) is 6.61 Å². The molecule has 0 aliphatic heterocycles. The van der Waals surface area contributed by atoms with Gasteiger partial charge in [-0.2, -0.15) is 18.2 Å². The Morgan fingerprint density at radius 2 is 1.81 bits per heavy atom. The second-order valence-electron chi connectivity index (χ2n) is 6.24. The molecule has 2 aromatic carbocycles. The number of ether oxygens (including phenoxy) is 1. The van der Waals surface area contributed by atoms with Crippen LogP contribution in [0.15, 0.2) is 53.7 Å². The van der Waals surface area contributed by atoms with E-state index in [0.717, 1.165) is 36.5 Å². The van der Waals surface area contributed by atoms with E-state index in [9.17, 15) is 31.5 Å². The van der Waals surface area contributed by atoms with E-state index in [4.69, 9.17) is 10.5 Å². The first-order valence-corrected chi connectivity index (χ1v) is 9.14. The number of halogens is 5. The molecule has 6 nitrogen and oxygen atoms in total. The lowest BCUT2D eigenvalue weighted by Crippen LogP contribution is -2.17. The number of carbonyl (C=O) groups excluding carboxylic acids is 2. The topological polar surface area (TPSA) is 93.8 Å². The highest BCUT2D eigenvalue weighted by Crippen LogP contribution is 2.33. The van der Waals surface area contributed by atoms with Gasteiger partial charge in [0.05, 0.1) is 17.7 Å². The number of nitrogens with one attached hydrogen (secondary N) is 1. The minimum Gasteiger partial charge on any atom is -0.462 e. The average Bonchev–Trinajstić information content (AvgIpc) is 2.70. The van der Waals surface area contributed by atoms with E-state index in [2.05, 4.69) is 10.3 Å². The third kappa shape index (κ3) is 6.37. The maximum Gasteiger partial charge on any atom is 0.416 e. The van der Waals surface area contributed by atoms with E-state index in [0.29, 0.717) is 6.07 Å². The molecule has 0 fully saturated rings. The Labute approximate surface area is 179 Å². The Kier molecular flexibility index (Phi) is 8.05. The number of nitrogens with zero attached hydrogens (tertiary/aromatic N) is 1. The van der Waals surface area contributed by atoms with Crippen molar-refractivity contribution in [2.24, 2.45) is 10.7 Å². The van der Waals surface area contributed by atoms with Crippen molar-refractivity contribution in [3.8, 4) is 0 Å². The number of amides is 1. The molecule has 11 heteroatoms. The van der Waals surface area contributed by atoms with Gasteiger partial charge in [-0.15, -0.1) is 0 Å². The zero-order valence-electron chi connectivity index (χ0n) is 16.7. The highest BCUT2D eigenvalue weighted by Gasteiger charge is 2.34. The van der Waals surface area contributed by atoms with Gasteiger partial charge >= 0.3 is 12.1 Å². The molecule has 0 spiro atoms. The zero-order chi connectivity index (χ0) is 23.9. The Hall–Kier alpha value is -3.76. The van der Waals surface area contributed by atoms with Gasteiger partial charge in [0.25, 0.3) is 5.91 Å². The van der Waals surface area contributed by atoms with Crippen LogP contribution in [0.3, 0.4) is 0 Å². The molecule has 0 atom stereocenters. The third-order valence-electron chi connectivity index (χ3n) is 4.00. The number of benzene rings is 2. The fourth-order valence-corrected chi connectivity index (χ4v) is 2.56. The number of amidine groups is 1. The summed E-state index contributed by atoms with van der Waals surface area (Å²) in [5.74, 6) is -4.79. The molecule has 0 radical (unpaired) electrons. The van der Waals surface area contributed by atoms with Gasteiger partial charge in [0.15, 0.2) is 0 Å². The van der Waals surface area contributed by atoms with Crippen LogP contribution >= 0.6 is 0 Å². The second-order valence-corrected chi connectivity index (χ2v) is 6.24. The highest BCUT2D eigenvalue weighted by atomic mass is 19.4. The lowest BCUT2D eigenvalue weighted by atomic mass is 10.0. The molecule has 0 unspecified atom stereocenters. The molecule has 0 aliphatic rings. The molecule has 2 rings (SSSR count). The van der Waals surface area contributed by atoms with Crippen molar-refractivity contribution in [3.05, 3.63) is 82.6 Å². The van der Waals surface area contributed by atoms with Gasteiger partial charge in [0.2, 0.25) is 0 Å². The predicted molar refractivity (Wildman–Crippen MR) is 106 cm³/mol. The highest BCUT2D eigenvalue weighted by molar-refractivity contribution is 6.06. The van der Waals surface area contributed by atoms with E-state index in [1.807, 2.05) is 0 Å². The second kappa shape index (κ2) is 10.5. The SMILES string of the molecule is CCOC(=O)c1ccc(CN/C=C\C(N)=NC(=O)c2c(F)cccc2F)c(C(F)(F)F)c1.